The van der Waals surface area contributed by atoms with Crippen molar-refractivity contribution in [3.8, 4) is 0 Å². The predicted molar refractivity (Wildman–Crippen MR) is 57.3 cm³/mol. The van der Waals surface area contributed by atoms with Crippen LogP contribution in [0.15, 0.2) is 5.16 Å². The van der Waals surface area contributed by atoms with Gasteiger partial charge in [0.15, 0.2) is 9.84 Å². The fourth-order valence-electron chi connectivity index (χ4n) is 0.800. The average Bonchev–Trinajstić information content (AvgIpc) is 2.47. The maximum absolute atomic E-state index is 11.4. The van der Waals surface area contributed by atoms with Crippen LogP contribution in [0.2, 0.25) is 0 Å². The standard InChI is InChI=1S/C6H10ClN3O4S2/c1-6(2,15(3,11)12)4-8-5(10-9-4)16(7,13)14/h1-3H3,(H,8,9,10). The molecule has 0 atom stereocenters. The van der Waals surface area contributed by atoms with Crippen molar-refractivity contribution in [1.82, 2.24) is 15.2 Å². The molecule has 0 spiro atoms. The number of halogens is 1. The first kappa shape index (κ1) is 13.4. The zero-order chi connectivity index (χ0) is 12.8. The first-order chi connectivity index (χ1) is 6.96. The van der Waals surface area contributed by atoms with E-state index < -0.39 is 28.8 Å². The smallest absolute Gasteiger partial charge is 0.261 e. The molecule has 1 aromatic rings. The number of aromatic nitrogens is 3. The van der Waals surface area contributed by atoms with Crippen LogP contribution < -0.4 is 0 Å². The van der Waals surface area contributed by atoms with Gasteiger partial charge in [-0.15, -0.1) is 5.10 Å². The number of hydrogen-bond acceptors (Lipinski definition) is 6. The van der Waals surface area contributed by atoms with Gasteiger partial charge in [-0.05, 0) is 13.8 Å². The Morgan fingerprint density at radius 3 is 2.06 bits per heavy atom. The Hall–Kier alpha value is -0.670. The van der Waals surface area contributed by atoms with Gasteiger partial charge in [0, 0.05) is 16.9 Å². The minimum absolute atomic E-state index is 0.0748. The second-order valence-corrected chi connectivity index (χ2v) is 8.71. The maximum atomic E-state index is 11.4. The fourth-order valence-corrected chi connectivity index (χ4v) is 1.80. The van der Waals surface area contributed by atoms with Crippen LogP contribution in [0.1, 0.15) is 19.7 Å². The van der Waals surface area contributed by atoms with Gasteiger partial charge in [0.2, 0.25) is 0 Å². The number of nitrogens with one attached hydrogen (secondary N) is 1. The van der Waals surface area contributed by atoms with E-state index in [1.165, 1.54) is 13.8 Å². The van der Waals surface area contributed by atoms with E-state index in [0.29, 0.717) is 0 Å². The Kier molecular flexibility index (Phi) is 3.07. The van der Waals surface area contributed by atoms with E-state index in [2.05, 4.69) is 15.2 Å². The highest BCUT2D eigenvalue weighted by Crippen LogP contribution is 2.26. The van der Waals surface area contributed by atoms with Crippen LogP contribution in [0.3, 0.4) is 0 Å². The molecule has 0 aliphatic rings. The molecular formula is C6H10ClN3O4S2. The van der Waals surface area contributed by atoms with Crippen molar-refractivity contribution in [2.24, 2.45) is 0 Å². The quantitative estimate of drug-likeness (QED) is 0.784. The van der Waals surface area contributed by atoms with Gasteiger partial charge in [0.05, 0.1) is 0 Å². The first-order valence-corrected chi connectivity index (χ1v) is 8.23. The minimum atomic E-state index is -4.06. The molecular weight excluding hydrogens is 278 g/mol. The van der Waals surface area contributed by atoms with E-state index in [0.717, 1.165) is 6.26 Å². The van der Waals surface area contributed by atoms with E-state index in [1.807, 2.05) is 0 Å². The average molecular weight is 288 g/mol. The van der Waals surface area contributed by atoms with Crippen molar-refractivity contribution >= 4 is 29.6 Å². The van der Waals surface area contributed by atoms with Gasteiger partial charge in [-0.3, -0.25) is 5.10 Å². The Labute approximate surface area is 97.6 Å². The molecule has 16 heavy (non-hydrogen) atoms. The maximum Gasteiger partial charge on any atom is 0.298 e. The van der Waals surface area contributed by atoms with Crippen molar-refractivity contribution in [3.63, 3.8) is 0 Å². The zero-order valence-electron chi connectivity index (χ0n) is 8.72. The van der Waals surface area contributed by atoms with Crippen molar-refractivity contribution in [3.05, 3.63) is 5.82 Å². The molecule has 7 nitrogen and oxygen atoms in total. The summed E-state index contributed by atoms with van der Waals surface area (Å²) in [5, 5.41) is 4.96. The van der Waals surface area contributed by atoms with Crippen LogP contribution >= 0.6 is 10.7 Å². The third kappa shape index (κ3) is 2.36. The lowest BCUT2D eigenvalue weighted by Crippen LogP contribution is -2.29. The fraction of sp³-hybridized carbons (Fsp3) is 0.667. The molecule has 0 radical (unpaired) electrons. The molecule has 1 heterocycles. The van der Waals surface area contributed by atoms with Crippen molar-refractivity contribution in [1.29, 1.82) is 0 Å². The Morgan fingerprint density at radius 2 is 1.75 bits per heavy atom. The summed E-state index contributed by atoms with van der Waals surface area (Å²) in [5.41, 5.74) is 0. The lowest BCUT2D eigenvalue weighted by Gasteiger charge is -2.18. The highest BCUT2D eigenvalue weighted by molar-refractivity contribution is 8.13. The number of H-pyrrole nitrogens is 1. The molecule has 0 amide bonds. The van der Waals surface area contributed by atoms with E-state index in [1.54, 1.807) is 0 Å². The van der Waals surface area contributed by atoms with Crippen molar-refractivity contribution < 1.29 is 16.8 Å². The number of hydrogen-bond donors (Lipinski definition) is 1. The summed E-state index contributed by atoms with van der Waals surface area (Å²) in [4.78, 5) is 3.55. The van der Waals surface area contributed by atoms with Gasteiger partial charge in [0.25, 0.3) is 14.2 Å². The molecule has 0 saturated heterocycles. The molecule has 0 aliphatic heterocycles. The lowest BCUT2D eigenvalue weighted by molar-refractivity contribution is 0.550. The van der Waals surface area contributed by atoms with Gasteiger partial charge in [-0.2, -0.15) is 4.98 Å². The highest BCUT2D eigenvalue weighted by Gasteiger charge is 2.36. The number of rotatable bonds is 3. The molecule has 92 valence electrons. The number of nitrogens with zero attached hydrogens (tertiary/aromatic N) is 2. The van der Waals surface area contributed by atoms with Crippen LogP contribution in [-0.4, -0.2) is 38.3 Å². The Morgan fingerprint density at radius 1 is 1.25 bits per heavy atom. The first-order valence-electron chi connectivity index (χ1n) is 4.03. The molecule has 0 bridgehead atoms. The zero-order valence-corrected chi connectivity index (χ0v) is 11.1. The van der Waals surface area contributed by atoms with Gasteiger partial charge in [-0.1, -0.05) is 0 Å². The van der Waals surface area contributed by atoms with Crippen LogP contribution in [0.5, 0.6) is 0 Å². The predicted octanol–water partition coefficient (Wildman–Crippen LogP) is 0.0119. The van der Waals surface area contributed by atoms with E-state index in [-0.39, 0.29) is 5.82 Å². The van der Waals surface area contributed by atoms with E-state index in [4.69, 9.17) is 10.7 Å². The molecule has 10 heteroatoms. The van der Waals surface area contributed by atoms with Gasteiger partial charge < -0.3 is 0 Å². The van der Waals surface area contributed by atoms with Crippen molar-refractivity contribution in [2.45, 2.75) is 23.8 Å². The lowest BCUT2D eigenvalue weighted by atomic mass is 10.2. The van der Waals surface area contributed by atoms with Gasteiger partial charge in [0.1, 0.15) is 10.6 Å². The van der Waals surface area contributed by atoms with Gasteiger partial charge >= 0.3 is 0 Å². The van der Waals surface area contributed by atoms with Gasteiger partial charge in [-0.25, -0.2) is 16.8 Å². The second-order valence-electron chi connectivity index (χ2n) is 3.69. The topological polar surface area (TPSA) is 110 Å². The number of aromatic amines is 1. The highest BCUT2D eigenvalue weighted by atomic mass is 35.7. The summed E-state index contributed by atoms with van der Waals surface area (Å²) in [5.74, 6) is -0.0748. The molecule has 1 rings (SSSR count). The van der Waals surface area contributed by atoms with Crippen molar-refractivity contribution in [2.75, 3.05) is 6.26 Å². The largest absolute Gasteiger partial charge is 0.298 e. The van der Waals surface area contributed by atoms with E-state index >= 15 is 0 Å². The normalized spacial score (nSPS) is 14.0. The second kappa shape index (κ2) is 3.67. The third-order valence-electron chi connectivity index (χ3n) is 2.18. The summed E-state index contributed by atoms with van der Waals surface area (Å²) in [6, 6.07) is 0. The molecule has 1 N–H and O–H groups in total. The Balaban J connectivity index is 3.34. The SMILES string of the molecule is CC(C)(c1nc(S(=O)(=O)Cl)n[nH]1)S(C)(=O)=O. The van der Waals surface area contributed by atoms with E-state index in [9.17, 15) is 16.8 Å². The molecule has 0 aliphatic carbocycles. The summed E-state index contributed by atoms with van der Waals surface area (Å²) in [6.07, 6.45) is 1.02. The van der Waals surface area contributed by atoms with Crippen LogP contribution in [-0.2, 0) is 23.6 Å². The minimum Gasteiger partial charge on any atom is -0.261 e. The summed E-state index contributed by atoms with van der Waals surface area (Å²) in [7, 11) is -2.51. The summed E-state index contributed by atoms with van der Waals surface area (Å²) in [6.45, 7) is 2.76. The molecule has 0 aromatic carbocycles. The van der Waals surface area contributed by atoms with Crippen LogP contribution in [0, 0.1) is 0 Å². The van der Waals surface area contributed by atoms with Crippen LogP contribution in [0.25, 0.3) is 0 Å². The molecule has 0 unspecified atom stereocenters. The molecule has 1 aromatic heterocycles. The third-order valence-corrected chi connectivity index (χ3v) is 5.26. The van der Waals surface area contributed by atoms with Crippen LogP contribution in [0.4, 0.5) is 0 Å². The summed E-state index contributed by atoms with van der Waals surface area (Å²) < 4.78 is 43.3. The summed E-state index contributed by atoms with van der Waals surface area (Å²) >= 11 is 0. The number of sulfone groups is 1. The Bertz CT molecular complexity index is 601. The molecule has 0 saturated carbocycles. The molecule has 0 fully saturated rings. The monoisotopic (exact) mass is 287 g/mol.